The van der Waals surface area contributed by atoms with Gasteiger partial charge in [-0.1, -0.05) is 11.8 Å². The third-order valence-corrected chi connectivity index (χ3v) is 6.58. The Labute approximate surface area is 145 Å². The van der Waals surface area contributed by atoms with Gasteiger partial charge in [0.1, 0.15) is 11.8 Å². The second-order valence-electron chi connectivity index (χ2n) is 5.26. The fourth-order valence-electron chi connectivity index (χ4n) is 2.59. The van der Waals surface area contributed by atoms with E-state index < -0.39 is 22.0 Å². The zero-order valence-corrected chi connectivity index (χ0v) is 15.2. The summed E-state index contributed by atoms with van der Waals surface area (Å²) in [5, 5.41) is -0.396. The molecular formula is C15H19NO6S2. The van der Waals surface area contributed by atoms with Crippen LogP contribution >= 0.6 is 11.8 Å². The number of rotatable bonds is 5. The normalized spacial score (nSPS) is 21.5. The van der Waals surface area contributed by atoms with Crippen LogP contribution in [0.15, 0.2) is 29.2 Å². The van der Waals surface area contributed by atoms with Crippen molar-refractivity contribution in [1.82, 2.24) is 4.31 Å². The molecule has 1 heterocycles. The lowest BCUT2D eigenvalue weighted by atomic mass is 10.2. The highest BCUT2D eigenvalue weighted by Gasteiger charge is 2.45. The first kappa shape index (κ1) is 18.8. The Bertz CT molecular complexity index is 716. The van der Waals surface area contributed by atoms with E-state index in [1.54, 1.807) is 0 Å². The molecule has 1 saturated heterocycles. The lowest BCUT2D eigenvalue weighted by Gasteiger charge is -2.22. The summed E-state index contributed by atoms with van der Waals surface area (Å²) in [5.41, 5.74) is 0. The van der Waals surface area contributed by atoms with Crippen molar-refractivity contribution in [3.8, 4) is 5.75 Å². The second kappa shape index (κ2) is 7.54. The van der Waals surface area contributed by atoms with Crippen molar-refractivity contribution in [2.45, 2.75) is 29.5 Å². The van der Waals surface area contributed by atoms with Crippen LogP contribution in [0, 0.1) is 0 Å². The predicted molar refractivity (Wildman–Crippen MR) is 89.4 cm³/mol. The summed E-state index contributed by atoms with van der Waals surface area (Å²) in [6, 6.07) is 5.00. The van der Waals surface area contributed by atoms with Crippen molar-refractivity contribution < 1.29 is 27.5 Å². The number of nitrogens with zero attached hydrogens (tertiary/aromatic N) is 1. The van der Waals surface area contributed by atoms with Gasteiger partial charge in [0.2, 0.25) is 10.0 Å². The highest BCUT2D eigenvalue weighted by Crippen LogP contribution is 2.33. The lowest BCUT2D eigenvalue weighted by molar-refractivity contribution is -0.144. The third kappa shape index (κ3) is 3.90. The average molecular weight is 373 g/mol. The van der Waals surface area contributed by atoms with E-state index in [9.17, 15) is 18.0 Å². The quantitative estimate of drug-likeness (QED) is 0.718. The number of thioether (sulfide) groups is 1. The van der Waals surface area contributed by atoms with Gasteiger partial charge < -0.3 is 9.47 Å². The molecule has 2 atom stereocenters. The third-order valence-electron chi connectivity index (χ3n) is 3.69. The summed E-state index contributed by atoms with van der Waals surface area (Å²) >= 11 is 1.04. The number of hydrogen-bond donors (Lipinski definition) is 0. The van der Waals surface area contributed by atoms with Crippen molar-refractivity contribution >= 4 is 32.9 Å². The first-order valence-corrected chi connectivity index (χ1v) is 9.52. The van der Waals surface area contributed by atoms with Crippen LogP contribution in [-0.4, -0.2) is 55.9 Å². The van der Waals surface area contributed by atoms with Crippen molar-refractivity contribution in [2.24, 2.45) is 0 Å². The number of carbonyl (C=O) groups is 2. The average Bonchev–Trinajstić information content (AvgIpc) is 2.98. The van der Waals surface area contributed by atoms with Gasteiger partial charge in [-0.25, -0.2) is 8.42 Å². The number of methoxy groups -OCH3 is 2. The Morgan fingerprint density at radius 1 is 1.21 bits per heavy atom. The van der Waals surface area contributed by atoms with Gasteiger partial charge >= 0.3 is 5.97 Å². The van der Waals surface area contributed by atoms with Gasteiger partial charge in [0.05, 0.1) is 19.1 Å². The molecule has 0 N–H and O–H groups in total. The molecule has 1 fully saturated rings. The van der Waals surface area contributed by atoms with Crippen LogP contribution in [0.25, 0.3) is 0 Å². The molecule has 1 aliphatic rings. The molecule has 24 heavy (non-hydrogen) atoms. The summed E-state index contributed by atoms with van der Waals surface area (Å²) in [7, 11) is -1.18. The summed E-state index contributed by atoms with van der Waals surface area (Å²) in [6.07, 6.45) is 0.242. The second-order valence-corrected chi connectivity index (χ2v) is 8.62. The van der Waals surface area contributed by atoms with Crippen LogP contribution in [0.2, 0.25) is 0 Å². The van der Waals surface area contributed by atoms with E-state index in [0.29, 0.717) is 5.75 Å². The van der Waals surface area contributed by atoms with E-state index in [-0.39, 0.29) is 28.2 Å². The van der Waals surface area contributed by atoms with Gasteiger partial charge in [-0.3, -0.25) is 9.59 Å². The molecule has 0 bridgehead atoms. The summed E-state index contributed by atoms with van der Waals surface area (Å²) < 4.78 is 36.6. The number of hydrogen-bond acceptors (Lipinski definition) is 7. The predicted octanol–water partition coefficient (Wildman–Crippen LogP) is 1.28. The molecule has 132 valence electrons. The molecular weight excluding hydrogens is 354 g/mol. The van der Waals surface area contributed by atoms with Crippen LogP contribution in [0.4, 0.5) is 0 Å². The minimum absolute atomic E-state index is 0.0608. The summed E-state index contributed by atoms with van der Waals surface area (Å²) in [5.74, 6) is -0.0939. The molecule has 0 unspecified atom stereocenters. The molecule has 0 aliphatic carbocycles. The largest absolute Gasteiger partial charge is 0.497 e. The first-order valence-electron chi connectivity index (χ1n) is 7.20. The molecule has 7 nitrogen and oxygen atoms in total. The minimum Gasteiger partial charge on any atom is -0.497 e. The van der Waals surface area contributed by atoms with E-state index >= 15 is 0 Å². The van der Waals surface area contributed by atoms with Gasteiger partial charge in [0.15, 0.2) is 5.12 Å². The molecule has 9 heteroatoms. The Morgan fingerprint density at radius 2 is 1.83 bits per heavy atom. The maximum absolute atomic E-state index is 12.9. The number of esters is 1. The lowest BCUT2D eigenvalue weighted by Crippen LogP contribution is -2.41. The smallest absolute Gasteiger partial charge is 0.324 e. The van der Waals surface area contributed by atoms with Crippen molar-refractivity contribution in [2.75, 3.05) is 20.8 Å². The number of sulfonamides is 1. The molecule has 1 aromatic rings. The van der Waals surface area contributed by atoms with E-state index in [1.165, 1.54) is 45.4 Å². The molecule has 0 radical (unpaired) electrons. The van der Waals surface area contributed by atoms with Crippen molar-refractivity contribution in [3.63, 3.8) is 0 Å². The molecule has 0 saturated carbocycles. The van der Waals surface area contributed by atoms with Gasteiger partial charge in [0, 0.05) is 18.7 Å². The standard InChI is InChI=1S/C15H19NO6S2/c1-10(17)23-12-8-14(15(18)22-3)16(9-12)24(19,20)13-6-4-11(21-2)5-7-13/h4-7,12,14H,8-9H2,1-3H3/t12-,14+/m0/s1. The van der Waals surface area contributed by atoms with Crippen molar-refractivity contribution in [3.05, 3.63) is 24.3 Å². The summed E-state index contributed by atoms with van der Waals surface area (Å²) in [6.45, 7) is 1.50. The Morgan fingerprint density at radius 3 is 2.33 bits per heavy atom. The van der Waals surface area contributed by atoms with E-state index in [2.05, 4.69) is 0 Å². The molecule has 0 amide bonds. The zero-order valence-electron chi connectivity index (χ0n) is 13.6. The van der Waals surface area contributed by atoms with E-state index in [0.717, 1.165) is 16.1 Å². The van der Waals surface area contributed by atoms with Crippen LogP contribution in [0.1, 0.15) is 13.3 Å². The molecule has 0 spiro atoms. The van der Waals surface area contributed by atoms with Crippen LogP contribution in [0.5, 0.6) is 5.75 Å². The summed E-state index contributed by atoms with van der Waals surface area (Å²) in [4.78, 5) is 23.4. The maximum atomic E-state index is 12.9. The van der Waals surface area contributed by atoms with Gasteiger partial charge in [-0.2, -0.15) is 4.31 Å². The number of carbonyl (C=O) groups excluding carboxylic acids is 2. The Kier molecular flexibility index (Phi) is 5.89. The Balaban J connectivity index is 2.33. The highest BCUT2D eigenvalue weighted by atomic mass is 32.2. The maximum Gasteiger partial charge on any atom is 0.324 e. The van der Waals surface area contributed by atoms with Gasteiger partial charge in [0.25, 0.3) is 0 Å². The minimum atomic E-state index is -3.88. The topological polar surface area (TPSA) is 90.0 Å². The molecule has 2 rings (SSSR count). The van der Waals surface area contributed by atoms with E-state index in [4.69, 9.17) is 9.47 Å². The van der Waals surface area contributed by atoms with Gasteiger partial charge in [-0.15, -0.1) is 0 Å². The SMILES string of the molecule is COC(=O)[C@H]1C[C@H](SC(C)=O)CN1S(=O)(=O)c1ccc(OC)cc1. The molecule has 0 aromatic heterocycles. The first-order chi connectivity index (χ1) is 11.3. The van der Waals surface area contributed by atoms with Crippen LogP contribution in [0.3, 0.4) is 0 Å². The number of ether oxygens (including phenoxy) is 2. The fraction of sp³-hybridized carbons (Fsp3) is 0.467. The van der Waals surface area contributed by atoms with Crippen LogP contribution < -0.4 is 4.74 Å². The highest BCUT2D eigenvalue weighted by molar-refractivity contribution is 8.14. The number of benzene rings is 1. The van der Waals surface area contributed by atoms with Crippen molar-refractivity contribution in [1.29, 1.82) is 0 Å². The molecule has 1 aliphatic heterocycles. The van der Waals surface area contributed by atoms with E-state index in [1.807, 2.05) is 0 Å². The monoisotopic (exact) mass is 373 g/mol. The molecule has 1 aromatic carbocycles. The Hall–Kier alpha value is -1.58. The van der Waals surface area contributed by atoms with Crippen LogP contribution in [-0.2, 0) is 24.3 Å². The van der Waals surface area contributed by atoms with Gasteiger partial charge in [-0.05, 0) is 30.7 Å². The fourth-order valence-corrected chi connectivity index (χ4v) is 5.30. The zero-order chi connectivity index (χ0) is 17.9.